The molecule has 2 rings (SSSR count). The van der Waals surface area contributed by atoms with Crippen molar-refractivity contribution in [2.45, 2.75) is 18.7 Å². The first kappa shape index (κ1) is 24.3. The number of nitrogens with zero attached hydrogens (tertiary/aromatic N) is 2. The van der Waals surface area contributed by atoms with Gasteiger partial charge < -0.3 is 10.1 Å². The molecule has 1 amide bonds. The number of nitro benzene ring substituents is 1. The smallest absolute Gasteiger partial charge is 0.338 e. The Hall–Kier alpha value is -3.02. The number of anilines is 1. The molecule has 0 unspecified atom stereocenters. The van der Waals surface area contributed by atoms with Crippen LogP contribution < -0.4 is 5.32 Å². The van der Waals surface area contributed by atoms with Crippen molar-refractivity contribution in [3.63, 3.8) is 0 Å². The van der Waals surface area contributed by atoms with Crippen molar-refractivity contribution in [2.75, 3.05) is 25.0 Å². The molecular formula is C19H20ClN3O7S. The normalized spacial score (nSPS) is 11.2. The molecule has 0 fully saturated rings. The number of benzene rings is 2. The number of non-ortho nitro benzene ring substituents is 1. The molecule has 0 aliphatic heterocycles. The van der Waals surface area contributed by atoms with Gasteiger partial charge in [-0.25, -0.2) is 13.2 Å². The fraction of sp³-hybridized carbons (Fsp3) is 0.263. The van der Waals surface area contributed by atoms with Crippen molar-refractivity contribution in [3.8, 4) is 0 Å². The highest BCUT2D eigenvalue weighted by Crippen LogP contribution is 2.26. The molecule has 0 aliphatic rings. The lowest BCUT2D eigenvalue weighted by molar-refractivity contribution is -0.384. The van der Waals surface area contributed by atoms with Gasteiger partial charge in [0.1, 0.15) is 0 Å². The van der Waals surface area contributed by atoms with Gasteiger partial charge in [0.05, 0.1) is 26.1 Å². The van der Waals surface area contributed by atoms with E-state index in [1.54, 1.807) is 13.8 Å². The molecule has 0 bridgehead atoms. The summed E-state index contributed by atoms with van der Waals surface area (Å²) in [5, 5.41) is 13.2. The van der Waals surface area contributed by atoms with E-state index in [4.69, 9.17) is 16.3 Å². The molecule has 0 spiro atoms. The van der Waals surface area contributed by atoms with Crippen LogP contribution in [0.15, 0.2) is 47.4 Å². The van der Waals surface area contributed by atoms with E-state index < -0.39 is 33.4 Å². The first-order valence-electron chi connectivity index (χ1n) is 9.11. The molecule has 0 saturated carbocycles. The number of hydrogen-bond acceptors (Lipinski definition) is 7. The fourth-order valence-corrected chi connectivity index (χ4v) is 4.29. The number of amides is 1. The fourth-order valence-electron chi connectivity index (χ4n) is 2.62. The van der Waals surface area contributed by atoms with Crippen molar-refractivity contribution in [2.24, 2.45) is 0 Å². The Morgan fingerprint density at radius 3 is 2.45 bits per heavy atom. The van der Waals surface area contributed by atoms with Gasteiger partial charge in [-0.3, -0.25) is 14.9 Å². The number of carbonyl (C=O) groups is 2. The molecule has 0 aromatic heterocycles. The van der Waals surface area contributed by atoms with Crippen LogP contribution in [-0.2, 0) is 19.6 Å². The number of nitrogens with one attached hydrogen (secondary N) is 1. The number of hydrogen-bond donors (Lipinski definition) is 1. The van der Waals surface area contributed by atoms with Gasteiger partial charge in [0.15, 0.2) is 6.61 Å². The Bertz CT molecular complexity index is 1100. The molecule has 0 aliphatic carbocycles. The minimum absolute atomic E-state index is 0.00997. The highest BCUT2D eigenvalue weighted by atomic mass is 35.5. The number of esters is 1. The van der Waals surface area contributed by atoms with Crippen LogP contribution in [0.2, 0.25) is 5.02 Å². The molecule has 0 saturated heterocycles. The van der Waals surface area contributed by atoms with Gasteiger partial charge in [0, 0.05) is 25.2 Å². The standard InChI is InChI=1S/C19H20ClN3O7S/c1-3-22(4-2)31(28,29)15-7-5-6-13(10-15)19(25)30-12-18(24)21-17-11-14(23(26)27)8-9-16(17)20/h5-11H,3-4,12H2,1-2H3,(H,21,24). The quantitative estimate of drug-likeness (QED) is 0.338. The zero-order chi connectivity index (χ0) is 23.2. The summed E-state index contributed by atoms with van der Waals surface area (Å²) in [6, 6.07) is 8.80. The topological polar surface area (TPSA) is 136 Å². The number of nitro groups is 1. The van der Waals surface area contributed by atoms with Crippen molar-refractivity contribution >= 4 is 44.9 Å². The van der Waals surface area contributed by atoms with E-state index in [2.05, 4.69) is 5.32 Å². The van der Waals surface area contributed by atoms with Crippen LogP contribution in [0.5, 0.6) is 0 Å². The summed E-state index contributed by atoms with van der Waals surface area (Å²) in [6.07, 6.45) is 0. The molecule has 2 aromatic carbocycles. The molecule has 0 atom stereocenters. The van der Waals surface area contributed by atoms with E-state index in [9.17, 15) is 28.1 Å². The van der Waals surface area contributed by atoms with Crippen LogP contribution in [0.1, 0.15) is 24.2 Å². The van der Waals surface area contributed by atoms with E-state index >= 15 is 0 Å². The second kappa shape index (κ2) is 10.3. The molecule has 1 N–H and O–H groups in total. The van der Waals surface area contributed by atoms with Crippen molar-refractivity contribution in [3.05, 3.63) is 63.2 Å². The highest BCUT2D eigenvalue weighted by Gasteiger charge is 2.23. The minimum atomic E-state index is -3.77. The van der Waals surface area contributed by atoms with E-state index in [0.717, 1.165) is 6.07 Å². The molecule has 10 nitrogen and oxygen atoms in total. The average Bonchev–Trinajstić information content (AvgIpc) is 2.74. The Kier molecular flexibility index (Phi) is 8.08. The molecule has 31 heavy (non-hydrogen) atoms. The van der Waals surface area contributed by atoms with Crippen LogP contribution in [0.25, 0.3) is 0 Å². The minimum Gasteiger partial charge on any atom is -0.452 e. The maximum atomic E-state index is 12.6. The highest BCUT2D eigenvalue weighted by molar-refractivity contribution is 7.89. The third kappa shape index (κ3) is 6.00. The van der Waals surface area contributed by atoms with Crippen LogP contribution in [-0.4, -0.2) is 49.2 Å². The largest absolute Gasteiger partial charge is 0.452 e. The molecule has 12 heteroatoms. The van der Waals surface area contributed by atoms with Crippen LogP contribution in [0.4, 0.5) is 11.4 Å². The molecule has 166 valence electrons. The lowest BCUT2D eigenvalue weighted by Gasteiger charge is -2.18. The van der Waals surface area contributed by atoms with Crippen molar-refractivity contribution in [1.82, 2.24) is 4.31 Å². The SMILES string of the molecule is CCN(CC)S(=O)(=O)c1cccc(C(=O)OCC(=O)Nc2cc([N+](=O)[O-])ccc2Cl)c1. The van der Waals surface area contributed by atoms with Gasteiger partial charge in [0.25, 0.3) is 11.6 Å². The predicted octanol–water partition coefficient (Wildman–Crippen LogP) is 3.07. The number of halogens is 1. The van der Waals surface area contributed by atoms with Gasteiger partial charge >= 0.3 is 5.97 Å². The summed E-state index contributed by atoms with van der Waals surface area (Å²) in [5.41, 5.74) is -0.332. The first-order valence-corrected chi connectivity index (χ1v) is 10.9. The third-order valence-corrected chi connectivity index (χ3v) is 6.56. The second-order valence-electron chi connectivity index (χ2n) is 6.16. The molecule has 0 heterocycles. The van der Waals surface area contributed by atoms with Gasteiger partial charge in [0.2, 0.25) is 10.0 Å². The van der Waals surface area contributed by atoms with Crippen LogP contribution in [0, 0.1) is 10.1 Å². The van der Waals surface area contributed by atoms with Crippen LogP contribution >= 0.6 is 11.6 Å². The van der Waals surface area contributed by atoms with Gasteiger partial charge in [-0.1, -0.05) is 31.5 Å². The van der Waals surface area contributed by atoms with Crippen molar-refractivity contribution < 1.29 is 27.7 Å². The van der Waals surface area contributed by atoms with E-state index in [1.165, 1.54) is 40.7 Å². The Morgan fingerprint density at radius 2 is 1.84 bits per heavy atom. The molecular weight excluding hydrogens is 450 g/mol. The number of rotatable bonds is 9. The number of ether oxygens (including phenoxy) is 1. The van der Waals surface area contributed by atoms with E-state index in [1.807, 2.05) is 0 Å². The number of carbonyl (C=O) groups excluding carboxylic acids is 2. The maximum Gasteiger partial charge on any atom is 0.338 e. The maximum absolute atomic E-state index is 12.6. The summed E-state index contributed by atoms with van der Waals surface area (Å²) in [7, 11) is -3.77. The number of sulfonamides is 1. The van der Waals surface area contributed by atoms with E-state index in [0.29, 0.717) is 0 Å². The lowest BCUT2D eigenvalue weighted by atomic mass is 10.2. The zero-order valence-corrected chi connectivity index (χ0v) is 18.3. The van der Waals surface area contributed by atoms with Gasteiger partial charge in [-0.15, -0.1) is 0 Å². The predicted molar refractivity (Wildman–Crippen MR) is 114 cm³/mol. The summed E-state index contributed by atoms with van der Waals surface area (Å²) in [4.78, 5) is 34.4. The second-order valence-corrected chi connectivity index (χ2v) is 8.51. The summed E-state index contributed by atoms with van der Waals surface area (Å²) in [5.74, 6) is -1.68. The summed E-state index contributed by atoms with van der Waals surface area (Å²) < 4.78 is 31.4. The summed E-state index contributed by atoms with van der Waals surface area (Å²) in [6.45, 7) is 3.24. The first-order chi connectivity index (χ1) is 14.6. The van der Waals surface area contributed by atoms with Gasteiger partial charge in [-0.2, -0.15) is 4.31 Å². The van der Waals surface area contributed by atoms with E-state index in [-0.39, 0.29) is 39.9 Å². The van der Waals surface area contributed by atoms with Crippen LogP contribution in [0.3, 0.4) is 0 Å². The summed E-state index contributed by atoms with van der Waals surface area (Å²) >= 11 is 5.91. The molecule has 0 radical (unpaired) electrons. The van der Waals surface area contributed by atoms with Crippen molar-refractivity contribution in [1.29, 1.82) is 0 Å². The zero-order valence-electron chi connectivity index (χ0n) is 16.7. The Balaban J connectivity index is 2.07. The van der Waals surface area contributed by atoms with Gasteiger partial charge in [-0.05, 0) is 24.3 Å². The molecule has 2 aromatic rings. The third-order valence-electron chi connectivity index (χ3n) is 4.18. The average molecular weight is 470 g/mol. The lowest BCUT2D eigenvalue weighted by Crippen LogP contribution is -2.30. The Morgan fingerprint density at radius 1 is 1.16 bits per heavy atom. The Labute approximate surface area is 184 Å². The monoisotopic (exact) mass is 469 g/mol.